The Balaban J connectivity index is 0.000000131. The first-order valence-electron chi connectivity index (χ1n) is 33.5. The van der Waals surface area contributed by atoms with Crippen LogP contribution >= 0.6 is 11.6 Å². The van der Waals surface area contributed by atoms with Crippen LogP contribution in [0.5, 0.6) is 0 Å². The molecule has 11 heteroatoms. The monoisotopic (exact) mass is 1320 g/mol. The fraction of sp³-hybridized carbons (Fsp3) is 0.0112. The van der Waals surface area contributed by atoms with E-state index in [0.29, 0.717) is 5.95 Å². The molecule has 0 radical (unpaired) electrons. The number of benzene rings is 14. The summed E-state index contributed by atoms with van der Waals surface area (Å²) >= 11 is 6.08. The molecule has 0 unspecified atom stereocenters. The number of aromatic amines is 1. The zero-order chi connectivity index (χ0) is 67.0. The number of aromatic nitrogens is 8. The summed E-state index contributed by atoms with van der Waals surface area (Å²) in [4.78, 5) is 22.9. The van der Waals surface area contributed by atoms with Gasteiger partial charge in [0.2, 0.25) is 11.2 Å². The summed E-state index contributed by atoms with van der Waals surface area (Å²) in [6.45, 7) is 0. The van der Waals surface area contributed by atoms with Crippen LogP contribution in [0.4, 0.5) is 4.39 Å². The van der Waals surface area contributed by atoms with Gasteiger partial charge in [0.25, 0.3) is 0 Å². The third-order valence-electron chi connectivity index (χ3n) is 18.7. The van der Waals surface area contributed by atoms with E-state index in [9.17, 15) is 4.39 Å². The second-order valence-corrected chi connectivity index (χ2v) is 24.6. The number of alkyl halides is 1. The van der Waals surface area contributed by atoms with Crippen molar-refractivity contribution >= 4 is 121 Å². The van der Waals surface area contributed by atoms with Gasteiger partial charge in [0.1, 0.15) is 0 Å². The second-order valence-electron chi connectivity index (χ2n) is 24.3. The molecule has 20 aromatic rings. The Kier molecular flexibility index (Phi) is 16.8. The third-order valence-corrected chi connectivity index (χ3v) is 18.9. The van der Waals surface area contributed by atoms with Gasteiger partial charge in [0, 0.05) is 87.4 Å². The van der Waals surface area contributed by atoms with Gasteiger partial charge in [-0.25, -0.2) is 19.9 Å². The van der Waals surface area contributed by atoms with E-state index in [1.165, 1.54) is 104 Å². The number of halogens is 2. The van der Waals surface area contributed by atoms with E-state index in [-0.39, 0.29) is 36.3 Å². The summed E-state index contributed by atoms with van der Waals surface area (Å²) in [5.41, 5.74) is 22.1. The Hall–Kier alpha value is -11.8. The number of rotatable bonds is 7. The maximum Gasteiger partial charge on any atom is 1.00 e. The summed E-state index contributed by atoms with van der Waals surface area (Å²) in [5.74, 6) is 0.660. The van der Waals surface area contributed by atoms with Gasteiger partial charge in [-0.05, 0) is 119 Å². The van der Waals surface area contributed by atoms with Crippen molar-refractivity contribution in [3.8, 4) is 62.1 Å². The summed E-state index contributed by atoms with van der Waals surface area (Å²) in [6, 6.07) is 119. The summed E-state index contributed by atoms with van der Waals surface area (Å²) in [6.07, 6.45) is 0. The zero-order valence-corrected chi connectivity index (χ0v) is 57.2. The molecule has 0 saturated heterocycles. The molecule has 0 fully saturated rings. The van der Waals surface area contributed by atoms with Crippen molar-refractivity contribution in [3.05, 3.63) is 345 Å². The van der Waals surface area contributed by atoms with E-state index in [4.69, 9.17) is 22.9 Å². The van der Waals surface area contributed by atoms with Crippen LogP contribution in [0.1, 0.15) is 2.80 Å². The molecule has 20 rings (SSSR count). The van der Waals surface area contributed by atoms with Crippen LogP contribution in [0.25, 0.3) is 171 Å². The largest absolute Gasteiger partial charge is 1.00 e. The molecule has 0 saturated carbocycles. The molecule has 0 spiro atoms. The quantitative estimate of drug-likeness (QED) is 0.127. The average Bonchev–Trinajstić information content (AvgIpc) is 1.55. The molecule has 14 aromatic carbocycles. The number of hydrogen-bond donors (Lipinski definition) is 1. The maximum absolute atomic E-state index is 9.96. The van der Waals surface area contributed by atoms with Gasteiger partial charge < -0.3 is 15.5 Å². The number of nitrogens with one attached hydrogen (secondary N) is 1. The predicted octanol–water partition coefficient (Wildman–Crippen LogP) is 20.9. The van der Waals surface area contributed by atoms with Gasteiger partial charge in [-0.1, -0.05) is 255 Å². The molecule has 6 aromatic heterocycles. The molecule has 100 heavy (non-hydrogen) atoms. The smallest absolute Gasteiger partial charge is 1.00 e. The van der Waals surface area contributed by atoms with E-state index < -0.39 is 7.15 Å². The molecule has 0 aliphatic heterocycles. The first-order chi connectivity index (χ1) is 49.5. The minimum Gasteiger partial charge on any atom is -1.00 e. The van der Waals surface area contributed by atoms with Gasteiger partial charge in [0.15, 0.2) is 0 Å². The topological polar surface area (TPSA) is 82.1 Å². The molecule has 0 aliphatic rings. The Morgan fingerprint density at radius 3 is 1.13 bits per heavy atom. The fourth-order valence-electron chi connectivity index (χ4n) is 14.4. The maximum atomic E-state index is 9.96. The van der Waals surface area contributed by atoms with Crippen LogP contribution in [0.15, 0.2) is 340 Å². The minimum atomic E-state index is -1.00. The first-order valence-corrected chi connectivity index (χ1v) is 33.2. The van der Waals surface area contributed by atoms with Gasteiger partial charge in [-0.15, -0.1) is 0 Å². The van der Waals surface area contributed by atoms with Crippen LogP contribution < -0.4 is 29.6 Å². The van der Waals surface area contributed by atoms with E-state index in [1.54, 1.807) is 0 Å². The van der Waals surface area contributed by atoms with Crippen molar-refractivity contribution in [3.63, 3.8) is 0 Å². The number of para-hydroxylation sites is 8. The van der Waals surface area contributed by atoms with Crippen LogP contribution in [0.2, 0.25) is 5.28 Å². The molecule has 472 valence electrons. The molecule has 6 heterocycles. The molecule has 0 aliphatic carbocycles. The Morgan fingerprint density at radius 2 is 0.640 bits per heavy atom. The summed E-state index contributed by atoms with van der Waals surface area (Å²) in [7, 11) is -1.00. The van der Waals surface area contributed by atoms with Crippen LogP contribution in [0.3, 0.4) is 0 Å². The number of nitrogens with zero attached hydrogens (tertiary/aromatic N) is 7. The van der Waals surface area contributed by atoms with Crippen LogP contribution in [-0.2, 0) is 0 Å². The molecular weight excluding hydrogens is 1260 g/mol. The minimum absolute atomic E-state index is 0. The normalized spacial score (nSPS) is 11.4. The summed E-state index contributed by atoms with van der Waals surface area (Å²) < 4.78 is 22.5. The number of fused-ring (bicyclic) bond motifs is 16. The molecule has 8 nitrogen and oxygen atoms in total. The third kappa shape index (κ3) is 11.2. The van der Waals surface area contributed by atoms with Crippen molar-refractivity contribution in [1.29, 1.82) is 0 Å². The molecule has 0 bridgehead atoms. The molecule has 1 N–H and O–H groups in total. The molecule has 0 atom stereocenters. The van der Waals surface area contributed by atoms with E-state index in [1.807, 2.05) is 48.5 Å². The van der Waals surface area contributed by atoms with Gasteiger partial charge in [-0.2, -0.15) is 0 Å². The zero-order valence-electron chi connectivity index (χ0n) is 56.4. The Morgan fingerprint density at radius 1 is 0.300 bits per heavy atom. The van der Waals surface area contributed by atoms with Crippen molar-refractivity contribution in [2.24, 2.45) is 0 Å². The van der Waals surface area contributed by atoms with Gasteiger partial charge in [-0.3, -0.25) is 8.96 Å². The van der Waals surface area contributed by atoms with Crippen LogP contribution in [-0.4, -0.2) is 45.8 Å². The van der Waals surface area contributed by atoms with Crippen LogP contribution in [0, 0.1) is 0 Å². The van der Waals surface area contributed by atoms with Crippen molar-refractivity contribution in [2.75, 3.05) is 7.15 Å². The van der Waals surface area contributed by atoms with Crippen molar-refractivity contribution in [2.45, 2.75) is 0 Å². The number of H-pyrrole nitrogens is 1. The van der Waals surface area contributed by atoms with Gasteiger partial charge in [0.05, 0.1) is 64.0 Å². The Labute approximate surface area is 605 Å². The van der Waals surface area contributed by atoms with E-state index in [0.717, 1.165) is 61.0 Å². The van der Waals surface area contributed by atoms with Crippen molar-refractivity contribution in [1.82, 2.24) is 38.6 Å². The predicted molar refractivity (Wildman–Crippen MR) is 413 cm³/mol. The fourth-order valence-corrected chi connectivity index (χ4v) is 14.6. The number of hydrogen-bond acceptors (Lipinski definition) is 4. The summed E-state index contributed by atoms with van der Waals surface area (Å²) in [5, 5.41) is 12.4. The van der Waals surface area contributed by atoms with Gasteiger partial charge >= 0.3 is 29.6 Å². The first kappa shape index (κ1) is 61.7. The van der Waals surface area contributed by atoms with E-state index in [2.05, 4.69) is 320 Å². The molecule has 0 amide bonds. The van der Waals surface area contributed by atoms with E-state index >= 15 is 0 Å². The standard InChI is InChI=1S/C44H28N4.C24H16N2.C20H13ClN2.CH3F.Na.H/c1-3-13-29(14-4-1)30-23-25-31(26-24-30)43-33-17-7-10-20-36(33)45-44(46-43)48-38-22-12-9-19-35(38)42-40(48)28-27-39-41(42)34-18-8-11-21-37(34)47(39)32-15-5-2-6-16-32;1-2-8-16(9-3-1)26-21-13-7-5-11-18(21)24-22(26)15-14-20-23(24)17-10-4-6-12-19(17)25-20;21-20-22-18-9-5-4-8-17(18)19(23-20)16-12-10-15(11-13-16)14-6-2-1-3-7-14;1-2;;/h1-28H;1-15,25H;1-13H;1H3;;/q;;;;+1;-1/i;;;1D;;. The average molecular weight is 1320 g/mol. The SMILES string of the molecule is Clc1nc(-c2ccc(-c3ccccc3)cc2)c2ccccc2n1.[2H]CF.[H-].[Na+].c1ccc(-c2ccc(-c3nc(-n4c5ccccc5c5c6c7ccccc7n(-c7ccccc7)c6ccc54)nc4ccccc34)cc2)cc1.c1ccc(-n2c3ccccc3c3c4c(ccc32)[nH]c2ccccc24)cc1. The molecular formula is C89H61ClFN8Na. The Bertz CT molecular complexity index is 6410. The second kappa shape index (κ2) is 27.2. The van der Waals surface area contributed by atoms with Crippen molar-refractivity contribution < 1.29 is 36.7 Å².